The Kier molecular flexibility index (Phi) is 24.8. The third kappa shape index (κ3) is 20.4. The molecule has 0 bridgehead atoms. The number of Topliss-reactive ketones (excluding diaryl/α,β-unsaturated/α-hetero) is 1. The second-order valence-corrected chi connectivity index (χ2v) is 16.2. The standard InChI is InChI=1S/C40H62Cl2N4O10S/c1-3-51-19-20-55-24-21-52-16-8-11-34(47)10-5-4-6-13-43-40(48)44-14-17-53-22-25-56-26-23-54-18-15-45-57(49,50)35-12-7-9-32(27-35)37-30-46(2)31-38-36(37)28-33(41)29-39(38)42/h7,9,12,27-29,37,45H,3-6,8,10-11,13-26,30-31H2,1-2H3,(H2,43,44,48). The maximum atomic E-state index is 13.1. The molecule has 0 spiro atoms. The molecule has 0 fully saturated rings. The molecule has 0 aromatic heterocycles. The van der Waals surface area contributed by atoms with Crippen molar-refractivity contribution in [2.75, 3.05) is 113 Å². The van der Waals surface area contributed by atoms with Crippen LogP contribution >= 0.6 is 23.2 Å². The average molecular weight is 862 g/mol. The van der Waals surface area contributed by atoms with Gasteiger partial charge in [0.05, 0.1) is 71.0 Å². The van der Waals surface area contributed by atoms with E-state index in [1.54, 1.807) is 24.3 Å². The topological polar surface area (TPSA) is 163 Å². The first-order valence-corrected chi connectivity index (χ1v) is 22.1. The summed E-state index contributed by atoms with van der Waals surface area (Å²) in [6.45, 7) is 9.69. The Bertz CT molecular complexity index is 1570. The van der Waals surface area contributed by atoms with Crippen molar-refractivity contribution in [1.82, 2.24) is 20.3 Å². The summed E-state index contributed by atoms with van der Waals surface area (Å²) in [4.78, 5) is 26.3. The zero-order valence-electron chi connectivity index (χ0n) is 33.5. The number of carbonyl (C=O) groups excluding carboxylic acids is 2. The minimum absolute atomic E-state index is 0.0736. The van der Waals surface area contributed by atoms with Crippen LogP contribution in [0.5, 0.6) is 0 Å². The van der Waals surface area contributed by atoms with Gasteiger partial charge in [0.1, 0.15) is 5.78 Å². The van der Waals surface area contributed by atoms with Crippen LogP contribution in [-0.4, -0.2) is 138 Å². The number of halogens is 2. The van der Waals surface area contributed by atoms with Gasteiger partial charge in [-0.3, -0.25) is 4.79 Å². The molecule has 322 valence electrons. The van der Waals surface area contributed by atoms with Gasteiger partial charge in [0.25, 0.3) is 0 Å². The van der Waals surface area contributed by atoms with E-state index in [0.717, 1.165) is 36.0 Å². The number of ketones is 1. The number of fused-ring (bicyclic) bond motifs is 1. The normalized spacial score (nSPS) is 14.4. The second-order valence-electron chi connectivity index (χ2n) is 13.6. The minimum atomic E-state index is -3.76. The van der Waals surface area contributed by atoms with Gasteiger partial charge in [0.15, 0.2) is 0 Å². The maximum absolute atomic E-state index is 13.1. The largest absolute Gasteiger partial charge is 0.379 e. The number of hydrogen-bond donors (Lipinski definition) is 3. The molecule has 57 heavy (non-hydrogen) atoms. The summed E-state index contributed by atoms with van der Waals surface area (Å²) in [5, 5.41) is 6.72. The lowest BCUT2D eigenvalue weighted by Gasteiger charge is -2.33. The Hall–Kier alpha value is -2.41. The van der Waals surface area contributed by atoms with Gasteiger partial charge in [0.2, 0.25) is 10.0 Å². The van der Waals surface area contributed by atoms with Crippen LogP contribution in [0, 0.1) is 0 Å². The van der Waals surface area contributed by atoms with Crippen LogP contribution in [-0.2, 0) is 49.8 Å². The minimum Gasteiger partial charge on any atom is -0.379 e. The van der Waals surface area contributed by atoms with Crippen molar-refractivity contribution < 1.29 is 46.4 Å². The number of nitrogens with zero attached hydrogens (tertiary/aromatic N) is 1. The molecule has 1 heterocycles. The van der Waals surface area contributed by atoms with Crippen LogP contribution in [0.25, 0.3) is 0 Å². The van der Waals surface area contributed by atoms with Gasteiger partial charge in [-0.2, -0.15) is 0 Å². The molecule has 0 saturated carbocycles. The second kappa shape index (κ2) is 28.9. The number of hydrogen-bond acceptors (Lipinski definition) is 11. The summed E-state index contributed by atoms with van der Waals surface area (Å²) >= 11 is 12.8. The molecule has 0 radical (unpaired) electrons. The van der Waals surface area contributed by atoms with Crippen molar-refractivity contribution in [2.24, 2.45) is 0 Å². The number of ether oxygens (including phenoxy) is 6. The van der Waals surface area contributed by atoms with Gasteiger partial charge in [0, 0.05) is 74.7 Å². The van der Waals surface area contributed by atoms with E-state index in [0.29, 0.717) is 128 Å². The number of amides is 2. The lowest BCUT2D eigenvalue weighted by atomic mass is 9.85. The molecule has 0 aliphatic carbocycles. The Morgan fingerprint density at radius 1 is 0.737 bits per heavy atom. The number of rotatable bonds is 32. The first kappa shape index (κ1) is 49.0. The first-order valence-electron chi connectivity index (χ1n) is 19.9. The number of unbranched alkanes of at least 4 members (excludes halogenated alkanes) is 2. The Morgan fingerprint density at radius 2 is 1.35 bits per heavy atom. The van der Waals surface area contributed by atoms with E-state index in [-0.39, 0.29) is 35.8 Å². The highest BCUT2D eigenvalue weighted by molar-refractivity contribution is 7.89. The number of nitrogens with one attached hydrogen (secondary N) is 3. The van der Waals surface area contributed by atoms with Crippen LogP contribution in [0.1, 0.15) is 68.1 Å². The van der Waals surface area contributed by atoms with Crippen molar-refractivity contribution in [3.63, 3.8) is 0 Å². The van der Waals surface area contributed by atoms with Gasteiger partial charge in [-0.25, -0.2) is 17.9 Å². The quantitative estimate of drug-likeness (QED) is 0.0832. The monoisotopic (exact) mass is 860 g/mol. The first-order chi connectivity index (χ1) is 27.6. The van der Waals surface area contributed by atoms with E-state index in [9.17, 15) is 18.0 Å². The molecule has 14 nitrogen and oxygen atoms in total. The summed E-state index contributed by atoms with van der Waals surface area (Å²) < 4.78 is 61.3. The molecule has 2 aromatic carbocycles. The molecule has 1 unspecified atom stereocenters. The zero-order valence-corrected chi connectivity index (χ0v) is 35.8. The molecule has 1 aliphatic rings. The summed E-state index contributed by atoms with van der Waals surface area (Å²) in [6.07, 6.45) is 4.25. The zero-order chi connectivity index (χ0) is 41.1. The Morgan fingerprint density at radius 3 is 2.05 bits per heavy atom. The van der Waals surface area contributed by atoms with Crippen LogP contribution in [0.3, 0.4) is 0 Å². The predicted octanol–water partition coefficient (Wildman–Crippen LogP) is 5.18. The van der Waals surface area contributed by atoms with Crippen molar-refractivity contribution in [3.8, 4) is 0 Å². The molecule has 2 amide bonds. The van der Waals surface area contributed by atoms with Crippen molar-refractivity contribution in [1.29, 1.82) is 0 Å². The molecule has 2 aromatic rings. The summed E-state index contributed by atoms with van der Waals surface area (Å²) in [6, 6.07) is 10.4. The van der Waals surface area contributed by atoms with Crippen LogP contribution in [0.2, 0.25) is 10.0 Å². The highest BCUT2D eigenvalue weighted by Crippen LogP contribution is 2.38. The number of sulfonamides is 1. The van der Waals surface area contributed by atoms with Gasteiger partial charge in [-0.05, 0) is 74.2 Å². The Labute approximate surface area is 348 Å². The molecule has 0 saturated heterocycles. The van der Waals surface area contributed by atoms with Crippen LogP contribution in [0.4, 0.5) is 4.79 Å². The third-order valence-corrected chi connectivity index (χ3v) is 11.0. The molecule has 3 rings (SSSR count). The van der Waals surface area contributed by atoms with Gasteiger partial charge in [-0.1, -0.05) is 41.8 Å². The molecule has 1 atom stereocenters. The number of carbonyl (C=O) groups is 2. The van der Waals surface area contributed by atoms with E-state index < -0.39 is 10.0 Å². The fraction of sp³-hybridized carbons (Fsp3) is 0.650. The summed E-state index contributed by atoms with van der Waals surface area (Å²) in [5.41, 5.74) is 2.88. The SMILES string of the molecule is CCOCCOCCOCCCC(=O)CCCCCNC(=O)NCCOCCOCCOCCNS(=O)(=O)c1cccc(C2CN(C)Cc3c(Cl)cc(Cl)cc32)c1. The molecular weight excluding hydrogens is 799 g/mol. The van der Waals surface area contributed by atoms with E-state index in [4.69, 9.17) is 51.6 Å². The number of benzene rings is 2. The van der Waals surface area contributed by atoms with Gasteiger partial charge >= 0.3 is 6.03 Å². The third-order valence-electron chi connectivity index (χ3n) is 8.99. The smallest absolute Gasteiger partial charge is 0.314 e. The van der Waals surface area contributed by atoms with E-state index in [1.165, 1.54) is 0 Å². The molecular formula is C40H62Cl2N4O10S. The van der Waals surface area contributed by atoms with E-state index >= 15 is 0 Å². The molecule has 1 aliphatic heterocycles. The van der Waals surface area contributed by atoms with Crippen LogP contribution in [0.15, 0.2) is 41.3 Å². The lowest BCUT2D eigenvalue weighted by molar-refractivity contribution is -0.119. The molecule has 3 N–H and O–H groups in total. The fourth-order valence-corrected chi connectivity index (χ4v) is 7.74. The van der Waals surface area contributed by atoms with E-state index in [1.807, 2.05) is 26.1 Å². The number of likely N-dealkylation sites (N-methyl/N-ethyl adjacent to an activating group) is 1. The molecule has 17 heteroatoms. The van der Waals surface area contributed by atoms with Gasteiger partial charge in [-0.15, -0.1) is 0 Å². The van der Waals surface area contributed by atoms with Crippen molar-refractivity contribution in [2.45, 2.75) is 62.8 Å². The average Bonchev–Trinajstić information content (AvgIpc) is 3.18. The number of urea groups is 1. The summed E-state index contributed by atoms with van der Waals surface area (Å²) in [7, 11) is -1.75. The van der Waals surface area contributed by atoms with Crippen LogP contribution < -0.4 is 15.4 Å². The van der Waals surface area contributed by atoms with Gasteiger partial charge < -0.3 is 44.0 Å². The fourth-order valence-electron chi connectivity index (χ4n) is 6.11. The lowest BCUT2D eigenvalue weighted by Crippen LogP contribution is -2.37. The van der Waals surface area contributed by atoms with Crippen molar-refractivity contribution in [3.05, 3.63) is 63.1 Å². The Balaban J connectivity index is 1.11. The maximum Gasteiger partial charge on any atom is 0.314 e. The van der Waals surface area contributed by atoms with Crippen molar-refractivity contribution >= 4 is 45.0 Å². The summed E-state index contributed by atoms with van der Waals surface area (Å²) in [5.74, 6) is 0.165. The highest BCUT2D eigenvalue weighted by atomic mass is 35.5. The van der Waals surface area contributed by atoms with E-state index in [2.05, 4.69) is 20.3 Å². The predicted molar refractivity (Wildman–Crippen MR) is 221 cm³/mol. The highest BCUT2D eigenvalue weighted by Gasteiger charge is 2.28.